The van der Waals surface area contributed by atoms with Crippen molar-refractivity contribution in [3.05, 3.63) is 22.7 Å². The average Bonchev–Trinajstić information content (AvgIpc) is 3.13. The van der Waals surface area contributed by atoms with E-state index < -0.39 is 49.5 Å². The van der Waals surface area contributed by atoms with E-state index in [9.17, 15) is 29.5 Å². The van der Waals surface area contributed by atoms with E-state index in [0.717, 1.165) is 42.0 Å². The molecular weight excluding hydrogens is 563 g/mol. The molecule has 1 aromatic heterocycles. The van der Waals surface area contributed by atoms with E-state index >= 15 is 0 Å². The van der Waals surface area contributed by atoms with Gasteiger partial charge in [0.25, 0.3) is 0 Å². The van der Waals surface area contributed by atoms with Gasteiger partial charge in [-0.3, -0.25) is 18.4 Å². The number of aliphatic hydroxyl groups is 3. The molecule has 1 aromatic rings. The summed E-state index contributed by atoms with van der Waals surface area (Å²) in [5.74, 6) is 0.189. The Morgan fingerprint density at radius 1 is 1.30 bits per heavy atom. The van der Waals surface area contributed by atoms with Gasteiger partial charge >= 0.3 is 13.4 Å². The van der Waals surface area contributed by atoms with Crippen LogP contribution in [-0.4, -0.2) is 91.1 Å². The predicted molar refractivity (Wildman–Crippen MR) is 153 cm³/mol. The zero-order valence-electron chi connectivity index (χ0n) is 24.0. The molecule has 1 saturated heterocycles. The van der Waals surface area contributed by atoms with Crippen molar-refractivity contribution < 1.29 is 38.5 Å². The largest absolute Gasteiger partial charge is 0.408 e. The molecule has 0 aromatic carbocycles. The van der Waals surface area contributed by atoms with Gasteiger partial charge in [0.15, 0.2) is 11.3 Å². The summed E-state index contributed by atoms with van der Waals surface area (Å²) < 4.78 is 34.3. The number of unbranched alkanes of at least 4 members (excludes halogenated alkanes) is 2. The lowest BCUT2D eigenvalue weighted by atomic mass is 9.96. The lowest BCUT2D eigenvalue weighted by Crippen LogP contribution is -2.46. The second-order valence-electron chi connectivity index (χ2n) is 10.7. The highest BCUT2D eigenvalue weighted by Crippen LogP contribution is 2.53. The van der Waals surface area contributed by atoms with Crippen molar-refractivity contribution in [2.75, 3.05) is 44.4 Å². The lowest BCUT2D eigenvalue weighted by Gasteiger charge is -2.31. The van der Waals surface area contributed by atoms with Gasteiger partial charge in [-0.05, 0) is 39.7 Å². The molecule has 0 radical (unpaired) electrons. The van der Waals surface area contributed by atoms with Crippen molar-refractivity contribution in [3.63, 3.8) is 0 Å². The van der Waals surface area contributed by atoms with Gasteiger partial charge in [0.2, 0.25) is 0 Å². The van der Waals surface area contributed by atoms with Crippen LogP contribution in [0.25, 0.3) is 0 Å². The number of rotatable bonds is 17. The minimum atomic E-state index is -3.94. The summed E-state index contributed by atoms with van der Waals surface area (Å²) in [7, 11) is -3.94. The molecule has 15 heteroatoms. The number of nitrogens with zero attached hydrogens (tertiary/aromatic N) is 3. The molecule has 2 unspecified atom stereocenters. The van der Waals surface area contributed by atoms with Gasteiger partial charge in [-0.2, -0.15) is 4.98 Å². The number of nitrogens with two attached hydrogens (primary N) is 1. The average molecular weight is 609 g/mol. The number of thioether (sulfide) groups is 1. The maximum atomic E-state index is 14.2. The molecule has 13 nitrogen and oxygen atoms in total. The number of carbonyl (C=O) groups is 1. The van der Waals surface area contributed by atoms with E-state index in [1.807, 2.05) is 13.8 Å². The first-order chi connectivity index (χ1) is 18.7. The molecule has 5 N–H and O–H groups in total. The fourth-order valence-electron chi connectivity index (χ4n) is 3.94. The van der Waals surface area contributed by atoms with Crippen molar-refractivity contribution in [1.82, 2.24) is 14.2 Å². The van der Waals surface area contributed by atoms with Crippen LogP contribution in [0.3, 0.4) is 0 Å². The molecule has 230 valence electrons. The summed E-state index contributed by atoms with van der Waals surface area (Å²) in [6.07, 6.45) is 0.541. The Hall–Kier alpha value is -1.35. The number of hydrogen-bond acceptors (Lipinski definition) is 12. The summed E-state index contributed by atoms with van der Waals surface area (Å²) in [6.45, 7) is 8.73. The Kier molecular flexibility index (Phi) is 13.3. The first-order valence-electron chi connectivity index (χ1n) is 13.6. The number of carbonyl (C=O) groups excluding carboxylic acids is 1. The minimum Gasteiger partial charge on any atom is -0.395 e. The lowest BCUT2D eigenvalue weighted by molar-refractivity contribution is -0.119. The molecule has 0 bridgehead atoms. The Morgan fingerprint density at radius 2 is 1.93 bits per heavy atom. The van der Waals surface area contributed by atoms with Crippen LogP contribution >= 0.6 is 19.5 Å². The smallest absolute Gasteiger partial charge is 0.395 e. The molecule has 0 saturated carbocycles. The van der Waals surface area contributed by atoms with Crippen LogP contribution in [0.5, 0.6) is 0 Å². The SMILES string of the molecule is CCCCN(CCCC)P(=O)(OCCSC(=O)C(C)(C)CO)OCC1O[C@@H](n2ccc(N)nc2=O)[C@](C)(O)[C@@H]1O. The Morgan fingerprint density at radius 3 is 2.48 bits per heavy atom. The van der Waals surface area contributed by atoms with E-state index in [-0.39, 0.29) is 29.9 Å². The van der Waals surface area contributed by atoms with Crippen LogP contribution in [0.1, 0.15) is 66.5 Å². The van der Waals surface area contributed by atoms with Gasteiger partial charge in [0.05, 0.1) is 25.2 Å². The van der Waals surface area contributed by atoms with E-state index in [0.29, 0.717) is 13.1 Å². The highest BCUT2D eigenvalue weighted by Gasteiger charge is 2.54. The Labute approximate surface area is 240 Å². The van der Waals surface area contributed by atoms with E-state index in [4.69, 9.17) is 19.5 Å². The van der Waals surface area contributed by atoms with Gasteiger partial charge in [-0.15, -0.1) is 0 Å². The quantitative estimate of drug-likeness (QED) is 0.149. The number of anilines is 1. The highest BCUT2D eigenvalue weighted by molar-refractivity contribution is 8.13. The second kappa shape index (κ2) is 15.2. The molecule has 1 fully saturated rings. The summed E-state index contributed by atoms with van der Waals surface area (Å²) >= 11 is 0.976. The summed E-state index contributed by atoms with van der Waals surface area (Å²) in [4.78, 5) is 28.4. The van der Waals surface area contributed by atoms with Crippen molar-refractivity contribution >= 4 is 30.4 Å². The van der Waals surface area contributed by atoms with Gasteiger partial charge < -0.3 is 25.8 Å². The van der Waals surface area contributed by atoms with Crippen LogP contribution in [0.4, 0.5) is 5.82 Å². The first-order valence-corrected chi connectivity index (χ1v) is 16.0. The maximum Gasteiger partial charge on any atom is 0.408 e. The number of ether oxygens (including phenoxy) is 1. The van der Waals surface area contributed by atoms with E-state index in [1.165, 1.54) is 19.2 Å². The molecule has 2 heterocycles. The molecule has 1 aliphatic rings. The summed E-state index contributed by atoms with van der Waals surface area (Å²) in [6, 6.07) is 1.36. The second-order valence-corrected chi connectivity index (χ2v) is 13.8. The third-order valence-corrected chi connectivity index (χ3v) is 9.93. The first kappa shape index (κ1) is 34.8. The van der Waals surface area contributed by atoms with Crippen LogP contribution in [0.2, 0.25) is 0 Å². The molecule has 0 amide bonds. The zero-order chi connectivity index (χ0) is 30.1. The third-order valence-electron chi connectivity index (χ3n) is 6.67. The number of nitrogen functional groups attached to an aromatic ring is 1. The van der Waals surface area contributed by atoms with E-state index in [2.05, 4.69) is 4.98 Å². The van der Waals surface area contributed by atoms with Crippen molar-refractivity contribution in [1.29, 1.82) is 0 Å². The van der Waals surface area contributed by atoms with Gasteiger partial charge in [0.1, 0.15) is 23.6 Å². The monoisotopic (exact) mass is 608 g/mol. The van der Waals surface area contributed by atoms with Gasteiger partial charge in [-0.25, -0.2) is 14.0 Å². The van der Waals surface area contributed by atoms with Gasteiger partial charge in [-0.1, -0.05) is 38.5 Å². The van der Waals surface area contributed by atoms with Crippen molar-refractivity contribution in [2.45, 2.75) is 84.3 Å². The molecule has 0 spiro atoms. The molecule has 5 atom stereocenters. The normalized spacial score (nSPS) is 24.9. The molecule has 40 heavy (non-hydrogen) atoms. The highest BCUT2D eigenvalue weighted by atomic mass is 32.2. The molecule has 2 rings (SSSR count). The number of hydrogen-bond donors (Lipinski definition) is 4. The molecular formula is C25H45N4O9PS. The Bertz CT molecular complexity index is 1060. The van der Waals surface area contributed by atoms with Crippen LogP contribution in [0, 0.1) is 5.41 Å². The maximum absolute atomic E-state index is 14.2. The van der Waals surface area contributed by atoms with Crippen molar-refractivity contribution in [3.8, 4) is 0 Å². The minimum absolute atomic E-state index is 0.00329. The topological polar surface area (TPSA) is 187 Å². The fourth-order valence-corrected chi connectivity index (χ4v) is 6.70. The number of aliphatic hydroxyl groups excluding tert-OH is 2. The third kappa shape index (κ3) is 8.83. The van der Waals surface area contributed by atoms with Crippen molar-refractivity contribution in [2.24, 2.45) is 5.41 Å². The summed E-state index contributed by atoms with van der Waals surface area (Å²) in [5.41, 5.74) is 1.98. The molecule has 1 aliphatic heterocycles. The Balaban J connectivity index is 2.20. The van der Waals surface area contributed by atoms with E-state index in [1.54, 1.807) is 18.5 Å². The number of aromatic nitrogens is 2. The van der Waals surface area contributed by atoms with Gasteiger partial charge in [0, 0.05) is 25.0 Å². The standard InChI is InChI=1S/C25H45N4O9PS/c1-6-8-11-28(12-9-7-2)39(35,36-14-15-40-22(32)24(3,4)17-30)37-16-18-20(31)25(5,34)21(38-18)29-13-10-19(26)27-23(29)33/h10,13,18,20-21,30-31,34H,6-9,11-12,14-17H2,1-5H3,(H2,26,27,33)/t18?,20-,21-,25-,39?/m1/s1. The summed E-state index contributed by atoms with van der Waals surface area (Å²) in [5, 5.41) is 31.1. The molecule has 0 aliphatic carbocycles. The van der Waals surface area contributed by atoms with Crippen LogP contribution in [0.15, 0.2) is 17.1 Å². The predicted octanol–water partition coefficient (Wildman–Crippen LogP) is 2.16. The fraction of sp³-hybridized carbons (Fsp3) is 0.800. The van der Waals surface area contributed by atoms with Crippen LogP contribution in [-0.2, 0) is 23.1 Å². The van der Waals surface area contributed by atoms with Crippen LogP contribution < -0.4 is 11.4 Å². The zero-order valence-corrected chi connectivity index (χ0v) is 25.7.